The summed E-state index contributed by atoms with van der Waals surface area (Å²) in [5.41, 5.74) is 0.903. The van der Waals surface area contributed by atoms with E-state index in [4.69, 9.17) is 16.3 Å². The summed E-state index contributed by atoms with van der Waals surface area (Å²) < 4.78 is 33.7. The zero-order valence-electron chi connectivity index (χ0n) is 16.1. The lowest BCUT2D eigenvalue weighted by atomic mass is 10.2. The van der Waals surface area contributed by atoms with Gasteiger partial charge in [0.15, 0.2) is 0 Å². The van der Waals surface area contributed by atoms with Gasteiger partial charge in [-0.3, -0.25) is 9.48 Å². The van der Waals surface area contributed by atoms with Crippen molar-refractivity contribution >= 4 is 23.2 Å². The molecule has 6 nitrogen and oxygen atoms in total. The van der Waals surface area contributed by atoms with Crippen molar-refractivity contribution in [2.75, 3.05) is 38.2 Å². The molecule has 1 aliphatic rings. The number of rotatable bonds is 5. The van der Waals surface area contributed by atoms with Crippen LogP contribution in [0.3, 0.4) is 0 Å². The number of hydrogen-bond donors (Lipinski definition) is 0. The highest BCUT2D eigenvalue weighted by Crippen LogP contribution is 2.33. The average molecular weight is 413 g/mol. The number of halogens is 3. The first-order chi connectivity index (χ1) is 13.2. The Morgan fingerprint density at radius 1 is 1.29 bits per heavy atom. The van der Waals surface area contributed by atoms with Gasteiger partial charge in [0.2, 0.25) is 5.91 Å². The zero-order chi connectivity index (χ0) is 20.5. The Morgan fingerprint density at radius 2 is 1.96 bits per heavy atom. The molecule has 2 aromatic rings. The SMILES string of the molecule is COc1cccc(N2CCN(C(=O)Cn3nc(C(C)(F)F)c(Cl)c3C)CC2)c1. The number of ether oxygens (including phenoxy) is 1. The maximum Gasteiger partial charge on any atom is 0.290 e. The van der Waals surface area contributed by atoms with Gasteiger partial charge < -0.3 is 14.5 Å². The molecule has 0 N–H and O–H groups in total. The number of anilines is 1. The van der Waals surface area contributed by atoms with Crippen molar-refractivity contribution in [3.63, 3.8) is 0 Å². The molecule has 28 heavy (non-hydrogen) atoms. The van der Waals surface area contributed by atoms with Crippen LogP contribution in [-0.2, 0) is 17.3 Å². The van der Waals surface area contributed by atoms with E-state index >= 15 is 0 Å². The van der Waals surface area contributed by atoms with E-state index in [1.807, 2.05) is 24.3 Å². The van der Waals surface area contributed by atoms with Gasteiger partial charge in [0, 0.05) is 44.9 Å². The maximum absolute atomic E-state index is 13.6. The smallest absolute Gasteiger partial charge is 0.290 e. The molecule has 0 saturated carbocycles. The molecule has 9 heteroatoms. The first kappa shape index (κ1) is 20.4. The van der Waals surface area contributed by atoms with Crippen molar-refractivity contribution in [1.29, 1.82) is 0 Å². The van der Waals surface area contributed by atoms with Gasteiger partial charge >= 0.3 is 0 Å². The number of methoxy groups -OCH3 is 1. The lowest BCUT2D eigenvalue weighted by molar-refractivity contribution is -0.132. The molecule has 1 aromatic heterocycles. The minimum Gasteiger partial charge on any atom is -0.497 e. The molecule has 0 radical (unpaired) electrons. The van der Waals surface area contributed by atoms with Crippen LogP contribution in [0.2, 0.25) is 5.02 Å². The summed E-state index contributed by atoms with van der Waals surface area (Å²) in [6, 6.07) is 7.77. The van der Waals surface area contributed by atoms with Gasteiger partial charge in [0.05, 0.1) is 17.8 Å². The van der Waals surface area contributed by atoms with E-state index in [0.29, 0.717) is 31.9 Å². The van der Waals surface area contributed by atoms with Crippen molar-refractivity contribution in [3.05, 3.63) is 40.7 Å². The largest absolute Gasteiger partial charge is 0.497 e. The number of carbonyl (C=O) groups is 1. The number of nitrogens with zero attached hydrogens (tertiary/aromatic N) is 4. The van der Waals surface area contributed by atoms with E-state index in [1.165, 1.54) is 4.68 Å². The van der Waals surface area contributed by atoms with Gasteiger partial charge in [-0.15, -0.1) is 0 Å². The summed E-state index contributed by atoms with van der Waals surface area (Å²) in [7, 11) is 1.62. The highest BCUT2D eigenvalue weighted by molar-refractivity contribution is 6.32. The van der Waals surface area contributed by atoms with Crippen LogP contribution >= 0.6 is 11.6 Å². The molecule has 1 saturated heterocycles. The molecule has 0 bridgehead atoms. The molecule has 2 heterocycles. The molecule has 0 spiro atoms. The van der Waals surface area contributed by atoms with Crippen molar-refractivity contribution in [2.45, 2.75) is 26.3 Å². The van der Waals surface area contributed by atoms with Gasteiger partial charge in [0.25, 0.3) is 5.92 Å². The standard InChI is InChI=1S/C19H23ClF2N4O2/c1-13-17(20)18(19(2,21)22)23-26(13)12-16(27)25-9-7-24(8-10-25)14-5-4-6-15(11-14)28-3/h4-6,11H,7-10,12H2,1-3H3. The first-order valence-corrected chi connectivity index (χ1v) is 9.36. The van der Waals surface area contributed by atoms with Crippen molar-refractivity contribution in [2.24, 2.45) is 0 Å². The topological polar surface area (TPSA) is 50.6 Å². The van der Waals surface area contributed by atoms with Gasteiger partial charge in [-0.2, -0.15) is 13.9 Å². The minimum absolute atomic E-state index is 0.0943. The Labute approximate surface area is 167 Å². The molecule has 0 unspecified atom stereocenters. The monoisotopic (exact) mass is 412 g/mol. The molecule has 1 aromatic carbocycles. The molecular weight excluding hydrogens is 390 g/mol. The van der Waals surface area contributed by atoms with Crippen LogP contribution in [0, 0.1) is 6.92 Å². The molecule has 0 aliphatic carbocycles. The number of hydrogen-bond acceptors (Lipinski definition) is 4. The summed E-state index contributed by atoms with van der Waals surface area (Å²) in [6.45, 7) is 4.65. The van der Waals surface area contributed by atoms with Crippen molar-refractivity contribution < 1.29 is 18.3 Å². The number of piperazine rings is 1. The summed E-state index contributed by atoms with van der Waals surface area (Å²) in [4.78, 5) is 16.5. The molecule has 1 fully saturated rings. The molecule has 1 aliphatic heterocycles. The number of amides is 1. The van der Waals surface area contributed by atoms with Gasteiger partial charge in [-0.25, -0.2) is 0 Å². The van der Waals surface area contributed by atoms with Gasteiger partial charge in [-0.05, 0) is 19.1 Å². The van der Waals surface area contributed by atoms with Crippen molar-refractivity contribution in [3.8, 4) is 5.75 Å². The predicted molar refractivity (Wildman–Crippen MR) is 103 cm³/mol. The molecular formula is C19H23ClF2N4O2. The maximum atomic E-state index is 13.6. The van der Waals surface area contributed by atoms with Crippen molar-refractivity contribution in [1.82, 2.24) is 14.7 Å². The van der Waals surface area contributed by atoms with Crippen LogP contribution in [0.1, 0.15) is 18.3 Å². The molecule has 152 valence electrons. The van der Waals surface area contributed by atoms with Crippen LogP contribution in [0.5, 0.6) is 5.75 Å². The third-order valence-corrected chi connectivity index (χ3v) is 5.34. The number of aromatic nitrogens is 2. The Morgan fingerprint density at radius 3 is 2.54 bits per heavy atom. The summed E-state index contributed by atoms with van der Waals surface area (Å²) in [5, 5.41) is 3.77. The van der Waals surface area contributed by atoms with Gasteiger partial charge in [-0.1, -0.05) is 17.7 Å². The van der Waals surface area contributed by atoms with Crippen LogP contribution in [-0.4, -0.2) is 53.9 Å². The highest BCUT2D eigenvalue weighted by atomic mass is 35.5. The third-order valence-electron chi connectivity index (χ3n) is 4.89. The zero-order valence-corrected chi connectivity index (χ0v) is 16.8. The number of carbonyl (C=O) groups excluding carboxylic acids is 1. The van der Waals surface area contributed by atoms with Crippen LogP contribution in [0.15, 0.2) is 24.3 Å². The second-order valence-electron chi connectivity index (χ2n) is 6.86. The quantitative estimate of drug-likeness (QED) is 0.756. The first-order valence-electron chi connectivity index (χ1n) is 8.98. The van der Waals surface area contributed by atoms with E-state index in [9.17, 15) is 13.6 Å². The molecule has 3 rings (SSSR count). The second-order valence-corrected chi connectivity index (χ2v) is 7.24. The fraction of sp³-hybridized carbons (Fsp3) is 0.474. The number of alkyl halides is 2. The van der Waals surface area contributed by atoms with Crippen LogP contribution < -0.4 is 9.64 Å². The molecule has 1 amide bonds. The minimum atomic E-state index is -3.15. The Balaban J connectivity index is 1.63. The average Bonchev–Trinajstić information content (AvgIpc) is 2.97. The summed E-state index contributed by atoms with van der Waals surface area (Å²) >= 11 is 5.97. The third kappa shape index (κ3) is 4.22. The van der Waals surface area contributed by atoms with E-state index in [1.54, 1.807) is 18.9 Å². The molecule has 0 atom stereocenters. The predicted octanol–water partition coefficient (Wildman–Crippen LogP) is 3.31. The Bertz CT molecular complexity index is 858. The highest BCUT2D eigenvalue weighted by Gasteiger charge is 2.33. The Kier molecular flexibility index (Phi) is 5.79. The normalized spacial score (nSPS) is 15.1. The fourth-order valence-corrected chi connectivity index (χ4v) is 3.51. The van der Waals surface area contributed by atoms with E-state index < -0.39 is 11.6 Å². The van der Waals surface area contributed by atoms with E-state index in [2.05, 4.69) is 10.00 Å². The van der Waals surface area contributed by atoms with E-state index in [-0.39, 0.29) is 17.5 Å². The van der Waals surface area contributed by atoms with Gasteiger partial charge in [0.1, 0.15) is 18.0 Å². The second kappa shape index (κ2) is 7.95. The summed E-state index contributed by atoms with van der Waals surface area (Å²) in [6.07, 6.45) is 0. The lowest BCUT2D eigenvalue weighted by Crippen LogP contribution is -2.49. The van der Waals surface area contributed by atoms with Crippen LogP contribution in [0.25, 0.3) is 0 Å². The lowest BCUT2D eigenvalue weighted by Gasteiger charge is -2.36. The summed E-state index contributed by atoms with van der Waals surface area (Å²) in [5.74, 6) is -2.54. The van der Waals surface area contributed by atoms with Crippen LogP contribution in [0.4, 0.5) is 14.5 Å². The Hall–Kier alpha value is -2.35. The number of benzene rings is 1. The fourth-order valence-electron chi connectivity index (χ4n) is 3.21. The van der Waals surface area contributed by atoms with E-state index in [0.717, 1.165) is 18.4 Å².